The van der Waals surface area contributed by atoms with Crippen LogP contribution in [0.25, 0.3) is 0 Å². The zero-order chi connectivity index (χ0) is 17.4. The number of benzene rings is 1. The summed E-state index contributed by atoms with van der Waals surface area (Å²) in [5.41, 5.74) is 1.25. The van der Waals surface area contributed by atoms with Crippen LogP contribution >= 0.6 is 0 Å². The molecule has 0 radical (unpaired) electrons. The van der Waals surface area contributed by atoms with Gasteiger partial charge < -0.3 is 15.0 Å². The van der Waals surface area contributed by atoms with Crippen LogP contribution in [-0.4, -0.2) is 41.0 Å². The van der Waals surface area contributed by atoms with Crippen molar-refractivity contribution in [2.45, 2.75) is 26.7 Å². The van der Waals surface area contributed by atoms with Crippen LogP contribution in [0.5, 0.6) is 5.75 Å². The SMILES string of the molecule is CCCN(CCC)C(=O)c1cnc(Nc2ccc(OC)cc2)cn1. The number of anilines is 2. The van der Waals surface area contributed by atoms with Gasteiger partial charge in [0.2, 0.25) is 0 Å². The smallest absolute Gasteiger partial charge is 0.274 e. The minimum Gasteiger partial charge on any atom is -0.497 e. The molecular weight excluding hydrogens is 304 g/mol. The lowest BCUT2D eigenvalue weighted by molar-refractivity contribution is 0.0749. The fourth-order valence-electron chi connectivity index (χ4n) is 2.34. The second-order valence-corrected chi connectivity index (χ2v) is 5.43. The Balaban J connectivity index is 2.04. The van der Waals surface area contributed by atoms with Gasteiger partial charge in [-0.15, -0.1) is 0 Å². The molecule has 1 N–H and O–H groups in total. The Morgan fingerprint density at radius 3 is 2.25 bits per heavy atom. The summed E-state index contributed by atoms with van der Waals surface area (Å²) >= 11 is 0. The van der Waals surface area contributed by atoms with Gasteiger partial charge in [0.25, 0.3) is 5.91 Å². The van der Waals surface area contributed by atoms with Gasteiger partial charge in [-0.3, -0.25) is 4.79 Å². The van der Waals surface area contributed by atoms with E-state index in [1.807, 2.05) is 29.2 Å². The molecule has 128 valence electrons. The topological polar surface area (TPSA) is 67.4 Å². The summed E-state index contributed by atoms with van der Waals surface area (Å²) in [6, 6.07) is 7.51. The van der Waals surface area contributed by atoms with Crippen LogP contribution in [0.3, 0.4) is 0 Å². The Kier molecular flexibility index (Phi) is 6.54. The van der Waals surface area contributed by atoms with Gasteiger partial charge in [0.1, 0.15) is 17.3 Å². The Morgan fingerprint density at radius 1 is 1.08 bits per heavy atom. The number of hydrogen-bond acceptors (Lipinski definition) is 5. The molecule has 0 saturated carbocycles. The summed E-state index contributed by atoms with van der Waals surface area (Å²) in [4.78, 5) is 22.8. The normalized spacial score (nSPS) is 10.3. The van der Waals surface area contributed by atoms with Crippen molar-refractivity contribution >= 4 is 17.4 Å². The monoisotopic (exact) mass is 328 g/mol. The minimum absolute atomic E-state index is 0.0674. The molecule has 0 fully saturated rings. The maximum absolute atomic E-state index is 12.5. The molecule has 6 heteroatoms. The number of carbonyl (C=O) groups is 1. The van der Waals surface area contributed by atoms with E-state index in [-0.39, 0.29) is 5.91 Å². The quantitative estimate of drug-likeness (QED) is 0.803. The molecule has 1 heterocycles. The number of aromatic nitrogens is 2. The minimum atomic E-state index is -0.0674. The number of ether oxygens (including phenoxy) is 1. The first-order valence-corrected chi connectivity index (χ1v) is 8.20. The molecule has 0 aliphatic heterocycles. The van der Waals surface area contributed by atoms with Crippen LogP contribution in [0.1, 0.15) is 37.2 Å². The van der Waals surface area contributed by atoms with Gasteiger partial charge in [-0.1, -0.05) is 13.8 Å². The van der Waals surface area contributed by atoms with Crippen molar-refractivity contribution < 1.29 is 9.53 Å². The highest BCUT2D eigenvalue weighted by Crippen LogP contribution is 2.18. The van der Waals surface area contributed by atoms with Crippen molar-refractivity contribution in [2.75, 3.05) is 25.5 Å². The average molecular weight is 328 g/mol. The summed E-state index contributed by atoms with van der Waals surface area (Å²) in [6.07, 6.45) is 4.95. The van der Waals surface area contributed by atoms with Crippen molar-refractivity contribution in [3.8, 4) is 5.75 Å². The molecule has 1 aromatic heterocycles. The molecule has 0 bridgehead atoms. The molecule has 0 aliphatic rings. The van der Waals surface area contributed by atoms with Gasteiger partial charge in [0, 0.05) is 18.8 Å². The van der Waals surface area contributed by atoms with E-state index in [1.54, 1.807) is 13.3 Å². The van der Waals surface area contributed by atoms with Crippen molar-refractivity contribution in [3.05, 3.63) is 42.4 Å². The summed E-state index contributed by atoms with van der Waals surface area (Å²) in [6.45, 7) is 5.59. The van der Waals surface area contributed by atoms with Gasteiger partial charge in [0.05, 0.1) is 19.5 Å². The first-order valence-electron chi connectivity index (χ1n) is 8.20. The lowest BCUT2D eigenvalue weighted by atomic mass is 10.3. The molecule has 6 nitrogen and oxygen atoms in total. The van der Waals surface area contributed by atoms with Gasteiger partial charge >= 0.3 is 0 Å². The number of amides is 1. The molecule has 2 rings (SSSR count). The maximum Gasteiger partial charge on any atom is 0.274 e. The zero-order valence-electron chi connectivity index (χ0n) is 14.5. The number of hydrogen-bond donors (Lipinski definition) is 1. The first-order chi connectivity index (χ1) is 11.7. The van der Waals surface area contributed by atoms with Crippen LogP contribution < -0.4 is 10.1 Å². The molecule has 0 saturated heterocycles. The molecule has 2 aromatic rings. The van der Waals surface area contributed by atoms with Crippen molar-refractivity contribution in [1.29, 1.82) is 0 Å². The molecule has 0 unspecified atom stereocenters. The van der Waals surface area contributed by atoms with Crippen LogP contribution in [0.15, 0.2) is 36.7 Å². The predicted octanol–water partition coefficient (Wildman–Crippen LogP) is 3.49. The number of methoxy groups -OCH3 is 1. The Hall–Kier alpha value is -2.63. The van der Waals surface area contributed by atoms with E-state index in [1.165, 1.54) is 6.20 Å². The molecule has 24 heavy (non-hydrogen) atoms. The van der Waals surface area contributed by atoms with Gasteiger partial charge in [-0.2, -0.15) is 0 Å². The fourth-order valence-corrected chi connectivity index (χ4v) is 2.34. The van der Waals surface area contributed by atoms with Crippen LogP contribution in [0, 0.1) is 0 Å². The van der Waals surface area contributed by atoms with Crippen molar-refractivity contribution in [2.24, 2.45) is 0 Å². The van der Waals surface area contributed by atoms with E-state index >= 15 is 0 Å². The third-order valence-corrected chi connectivity index (χ3v) is 3.51. The highest BCUT2D eigenvalue weighted by atomic mass is 16.5. The second kappa shape index (κ2) is 8.86. The largest absolute Gasteiger partial charge is 0.497 e. The molecule has 0 spiro atoms. The van der Waals surface area contributed by atoms with Crippen LogP contribution in [-0.2, 0) is 0 Å². The van der Waals surface area contributed by atoms with Crippen LogP contribution in [0.4, 0.5) is 11.5 Å². The highest BCUT2D eigenvalue weighted by molar-refractivity contribution is 5.92. The predicted molar refractivity (Wildman–Crippen MR) is 94.8 cm³/mol. The summed E-state index contributed by atoms with van der Waals surface area (Å²) in [7, 11) is 1.63. The Labute approximate surface area is 142 Å². The van der Waals surface area contributed by atoms with Gasteiger partial charge in [-0.05, 0) is 37.1 Å². The van der Waals surface area contributed by atoms with E-state index in [0.29, 0.717) is 11.5 Å². The van der Waals surface area contributed by atoms with Gasteiger partial charge in [0.15, 0.2) is 0 Å². The number of rotatable bonds is 8. The maximum atomic E-state index is 12.5. The number of nitrogens with one attached hydrogen (secondary N) is 1. The van der Waals surface area contributed by atoms with E-state index in [2.05, 4.69) is 29.1 Å². The lowest BCUT2D eigenvalue weighted by Gasteiger charge is -2.20. The second-order valence-electron chi connectivity index (χ2n) is 5.43. The summed E-state index contributed by atoms with van der Waals surface area (Å²) in [5, 5.41) is 3.15. The lowest BCUT2D eigenvalue weighted by Crippen LogP contribution is -2.33. The third-order valence-electron chi connectivity index (χ3n) is 3.51. The number of carbonyl (C=O) groups excluding carboxylic acids is 1. The van der Waals surface area contributed by atoms with E-state index in [9.17, 15) is 4.79 Å². The van der Waals surface area contributed by atoms with E-state index in [0.717, 1.165) is 37.4 Å². The average Bonchev–Trinajstić information content (AvgIpc) is 2.62. The molecule has 0 atom stereocenters. The standard InChI is InChI=1S/C18H24N4O2/c1-4-10-22(11-5-2)18(23)16-12-20-17(13-19-16)21-14-6-8-15(24-3)9-7-14/h6-9,12-13H,4-5,10-11H2,1-3H3,(H,20,21). The van der Waals surface area contributed by atoms with Crippen molar-refractivity contribution in [3.63, 3.8) is 0 Å². The van der Waals surface area contributed by atoms with Gasteiger partial charge in [-0.25, -0.2) is 9.97 Å². The first kappa shape index (κ1) is 17.7. The molecular formula is C18H24N4O2. The zero-order valence-corrected chi connectivity index (χ0v) is 14.5. The molecule has 0 aliphatic carbocycles. The van der Waals surface area contributed by atoms with E-state index < -0.39 is 0 Å². The Morgan fingerprint density at radius 2 is 1.75 bits per heavy atom. The number of nitrogens with zero attached hydrogens (tertiary/aromatic N) is 3. The van der Waals surface area contributed by atoms with Crippen molar-refractivity contribution in [1.82, 2.24) is 14.9 Å². The third kappa shape index (κ3) is 4.68. The Bertz CT molecular complexity index is 635. The van der Waals surface area contributed by atoms with E-state index in [4.69, 9.17) is 4.74 Å². The highest BCUT2D eigenvalue weighted by Gasteiger charge is 2.15. The van der Waals surface area contributed by atoms with Crippen LogP contribution in [0.2, 0.25) is 0 Å². The summed E-state index contributed by atoms with van der Waals surface area (Å²) in [5.74, 6) is 1.32. The fraction of sp³-hybridized carbons (Fsp3) is 0.389. The molecule has 1 aromatic carbocycles. The summed E-state index contributed by atoms with van der Waals surface area (Å²) < 4.78 is 5.13. The molecule has 1 amide bonds.